The van der Waals surface area contributed by atoms with Crippen molar-refractivity contribution < 1.29 is 23.5 Å². The zero-order valence-electron chi connectivity index (χ0n) is 14.1. The molecule has 0 atom stereocenters. The standard InChI is InChI=1S/C18H15ClN2O5/c1-23-13-6-3-11(4-7-13)17-20-16(21-26-17)10-25-15-8-5-12(9-14(15)19)18(22)24-2/h3-9H,10H2,1-2H3. The summed E-state index contributed by atoms with van der Waals surface area (Å²) in [6.45, 7) is 0.0664. The molecule has 0 unspecified atom stereocenters. The van der Waals surface area contributed by atoms with Crippen molar-refractivity contribution in [1.29, 1.82) is 0 Å². The van der Waals surface area contributed by atoms with E-state index in [1.54, 1.807) is 31.4 Å². The molecule has 3 rings (SSSR count). The minimum absolute atomic E-state index is 0.0664. The second kappa shape index (κ2) is 7.88. The Morgan fingerprint density at radius 1 is 1.15 bits per heavy atom. The maximum Gasteiger partial charge on any atom is 0.337 e. The summed E-state index contributed by atoms with van der Waals surface area (Å²) in [6.07, 6.45) is 0. The van der Waals surface area contributed by atoms with E-state index in [1.807, 2.05) is 12.1 Å². The second-order valence-electron chi connectivity index (χ2n) is 5.17. The van der Waals surface area contributed by atoms with Crippen LogP contribution in [0.2, 0.25) is 5.02 Å². The molecule has 0 bridgehead atoms. The third-order valence-corrected chi connectivity index (χ3v) is 3.81. The van der Waals surface area contributed by atoms with Crippen molar-refractivity contribution in [3.63, 3.8) is 0 Å². The first-order valence-corrected chi connectivity index (χ1v) is 7.96. The average molecular weight is 375 g/mol. The normalized spacial score (nSPS) is 10.4. The van der Waals surface area contributed by atoms with Crippen molar-refractivity contribution in [2.45, 2.75) is 6.61 Å². The molecule has 0 fully saturated rings. The van der Waals surface area contributed by atoms with Gasteiger partial charge in [0.2, 0.25) is 5.82 Å². The van der Waals surface area contributed by atoms with E-state index in [1.165, 1.54) is 13.2 Å². The molecule has 3 aromatic rings. The lowest BCUT2D eigenvalue weighted by atomic mass is 10.2. The Kier molecular flexibility index (Phi) is 5.38. The highest BCUT2D eigenvalue weighted by Gasteiger charge is 2.12. The molecule has 1 aromatic heterocycles. The van der Waals surface area contributed by atoms with Crippen molar-refractivity contribution in [2.75, 3.05) is 14.2 Å². The number of benzene rings is 2. The smallest absolute Gasteiger partial charge is 0.337 e. The van der Waals surface area contributed by atoms with Gasteiger partial charge in [-0.1, -0.05) is 16.8 Å². The summed E-state index contributed by atoms with van der Waals surface area (Å²) in [4.78, 5) is 15.8. The summed E-state index contributed by atoms with van der Waals surface area (Å²) < 4.78 is 20.6. The summed E-state index contributed by atoms with van der Waals surface area (Å²) in [5.74, 6) is 1.40. The van der Waals surface area contributed by atoms with E-state index in [4.69, 9.17) is 25.6 Å². The van der Waals surface area contributed by atoms with Crippen molar-refractivity contribution in [3.05, 3.63) is 58.9 Å². The summed E-state index contributed by atoms with van der Waals surface area (Å²) in [7, 11) is 2.90. The Balaban J connectivity index is 1.67. The number of esters is 1. The van der Waals surface area contributed by atoms with Gasteiger partial charge in [0.05, 0.1) is 24.8 Å². The molecule has 134 valence electrons. The number of carbonyl (C=O) groups excluding carboxylic acids is 1. The van der Waals surface area contributed by atoms with E-state index >= 15 is 0 Å². The number of ether oxygens (including phenoxy) is 3. The van der Waals surface area contributed by atoms with Gasteiger partial charge in [-0.25, -0.2) is 4.79 Å². The van der Waals surface area contributed by atoms with Gasteiger partial charge in [0, 0.05) is 5.56 Å². The minimum atomic E-state index is -0.472. The van der Waals surface area contributed by atoms with Crippen molar-refractivity contribution >= 4 is 17.6 Å². The molecule has 0 aliphatic heterocycles. The van der Waals surface area contributed by atoms with Crippen LogP contribution in [0.4, 0.5) is 0 Å². The monoisotopic (exact) mass is 374 g/mol. The fraction of sp³-hybridized carbons (Fsp3) is 0.167. The molecule has 2 aromatic carbocycles. The average Bonchev–Trinajstić information content (AvgIpc) is 3.15. The van der Waals surface area contributed by atoms with Crippen LogP contribution in [-0.2, 0) is 11.3 Å². The van der Waals surface area contributed by atoms with E-state index in [0.717, 1.165) is 11.3 Å². The highest BCUT2D eigenvalue weighted by Crippen LogP contribution is 2.27. The largest absolute Gasteiger partial charge is 0.497 e. The zero-order chi connectivity index (χ0) is 18.5. The Labute approximate surface area is 154 Å². The third kappa shape index (κ3) is 3.94. The van der Waals surface area contributed by atoms with Gasteiger partial charge in [-0.05, 0) is 42.5 Å². The van der Waals surface area contributed by atoms with Crippen LogP contribution >= 0.6 is 11.6 Å². The fourth-order valence-electron chi connectivity index (χ4n) is 2.17. The van der Waals surface area contributed by atoms with E-state index in [2.05, 4.69) is 14.9 Å². The SMILES string of the molecule is COC(=O)c1ccc(OCc2noc(-c3ccc(OC)cc3)n2)c(Cl)c1. The van der Waals surface area contributed by atoms with Crippen LogP contribution < -0.4 is 9.47 Å². The number of hydrogen-bond acceptors (Lipinski definition) is 7. The first-order valence-electron chi connectivity index (χ1n) is 7.58. The number of methoxy groups -OCH3 is 2. The first kappa shape index (κ1) is 17.8. The lowest BCUT2D eigenvalue weighted by Crippen LogP contribution is -2.02. The van der Waals surface area contributed by atoms with Crippen LogP contribution in [0.5, 0.6) is 11.5 Å². The molecule has 26 heavy (non-hydrogen) atoms. The molecular formula is C18H15ClN2O5. The van der Waals surface area contributed by atoms with E-state index in [0.29, 0.717) is 23.0 Å². The van der Waals surface area contributed by atoms with Crippen molar-refractivity contribution in [1.82, 2.24) is 10.1 Å². The molecule has 0 aliphatic rings. The van der Waals surface area contributed by atoms with Gasteiger partial charge >= 0.3 is 5.97 Å². The summed E-state index contributed by atoms with van der Waals surface area (Å²) in [6, 6.07) is 11.9. The van der Waals surface area contributed by atoms with Crippen molar-refractivity contribution in [3.8, 4) is 23.0 Å². The highest BCUT2D eigenvalue weighted by atomic mass is 35.5. The third-order valence-electron chi connectivity index (χ3n) is 3.51. The second-order valence-corrected chi connectivity index (χ2v) is 5.58. The topological polar surface area (TPSA) is 83.7 Å². The Morgan fingerprint density at radius 3 is 2.58 bits per heavy atom. The van der Waals surface area contributed by atoms with Gasteiger partial charge in [0.1, 0.15) is 11.5 Å². The van der Waals surface area contributed by atoms with Gasteiger partial charge in [0.25, 0.3) is 5.89 Å². The summed E-state index contributed by atoms with van der Waals surface area (Å²) >= 11 is 6.12. The molecule has 1 heterocycles. The molecule has 0 aliphatic carbocycles. The van der Waals surface area contributed by atoms with E-state index in [9.17, 15) is 4.79 Å². The number of carbonyl (C=O) groups is 1. The summed E-state index contributed by atoms with van der Waals surface area (Å²) in [5.41, 5.74) is 1.11. The molecule has 7 nitrogen and oxygen atoms in total. The number of aromatic nitrogens is 2. The quantitative estimate of drug-likeness (QED) is 0.607. The fourth-order valence-corrected chi connectivity index (χ4v) is 2.40. The van der Waals surface area contributed by atoms with Crippen LogP contribution in [0.25, 0.3) is 11.5 Å². The number of nitrogens with zero attached hydrogens (tertiary/aromatic N) is 2. The lowest BCUT2D eigenvalue weighted by Gasteiger charge is -2.07. The van der Waals surface area contributed by atoms with E-state index in [-0.39, 0.29) is 11.6 Å². The molecular weight excluding hydrogens is 360 g/mol. The van der Waals surface area contributed by atoms with Crippen LogP contribution in [0.1, 0.15) is 16.2 Å². The minimum Gasteiger partial charge on any atom is -0.497 e. The molecule has 0 N–H and O–H groups in total. The first-order chi connectivity index (χ1) is 12.6. The van der Waals surface area contributed by atoms with Crippen molar-refractivity contribution in [2.24, 2.45) is 0 Å². The van der Waals surface area contributed by atoms with Crippen LogP contribution in [-0.4, -0.2) is 30.3 Å². The van der Waals surface area contributed by atoms with Gasteiger partial charge in [0.15, 0.2) is 6.61 Å². The van der Waals surface area contributed by atoms with Crippen LogP contribution in [0.3, 0.4) is 0 Å². The van der Waals surface area contributed by atoms with Crippen LogP contribution in [0.15, 0.2) is 47.0 Å². The Morgan fingerprint density at radius 2 is 1.92 bits per heavy atom. The van der Waals surface area contributed by atoms with Gasteiger partial charge in [-0.3, -0.25) is 0 Å². The Hall–Kier alpha value is -3.06. The maximum absolute atomic E-state index is 11.5. The van der Waals surface area contributed by atoms with Gasteiger partial charge in [-0.2, -0.15) is 4.98 Å². The van der Waals surface area contributed by atoms with Gasteiger partial charge in [-0.15, -0.1) is 0 Å². The Bertz CT molecular complexity index is 908. The predicted molar refractivity (Wildman–Crippen MR) is 93.4 cm³/mol. The number of rotatable bonds is 6. The number of hydrogen-bond donors (Lipinski definition) is 0. The number of halogens is 1. The predicted octanol–water partition coefficient (Wildman–Crippen LogP) is 3.76. The van der Waals surface area contributed by atoms with Crippen LogP contribution in [0, 0.1) is 0 Å². The molecule has 8 heteroatoms. The highest BCUT2D eigenvalue weighted by molar-refractivity contribution is 6.32. The molecule has 0 saturated carbocycles. The molecule has 0 saturated heterocycles. The maximum atomic E-state index is 11.5. The summed E-state index contributed by atoms with van der Waals surface area (Å²) in [5, 5.41) is 4.16. The molecule has 0 spiro atoms. The molecule has 0 radical (unpaired) electrons. The zero-order valence-corrected chi connectivity index (χ0v) is 14.8. The van der Waals surface area contributed by atoms with E-state index < -0.39 is 5.97 Å². The molecule has 0 amide bonds. The lowest BCUT2D eigenvalue weighted by molar-refractivity contribution is 0.0600. The van der Waals surface area contributed by atoms with Gasteiger partial charge < -0.3 is 18.7 Å².